The van der Waals surface area contributed by atoms with E-state index in [4.69, 9.17) is 32.7 Å². The Morgan fingerprint density at radius 3 is 2.27 bits per heavy atom. The standard InChI is InChI=1S/C29H36Cl2N2O6S/c1-19(18-40(36,37)29(2,3)4)33-26(20-8-10-22(30)11-9-20)27(21-6-5-7-23(31)16-21)39-24(28(33)35)17-25(34)32-12-14-38-15-13-32/h5-11,16,19,24,26-27H,12-15,17-18H2,1-4H3. The first-order valence-corrected chi connectivity index (χ1v) is 15.8. The third-order valence-electron chi connectivity index (χ3n) is 7.41. The van der Waals surface area contributed by atoms with Crippen molar-refractivity contribution in [2.45, 2.75) is 63.2 Å². The molecule has 2 aliphatic rings. The molecule has 2 aromatic rings. The molecule has 4 atom stereocenters. The van der Waals surface area contributed by atoms with Gasteiger partial charge >= 0.3 is 0 Å². The highest BCUT2D eigenvalue weighted by atomic mass is 35.5. The number of amides is 2. The summed E-state index contributed by atoms with van der Waals surface area (Å²) in [5.41, 5.74) is 1.43. The molecule has 0 N–H and O–H groups in total. The van der Waals surface area contributed by atoms with Crippen molar-refractivity contribution < 1.29 is 27.5 Å². The molecular weight excluding hydrogens is 575 g/mol. The van der Waals surface area contributed by atoms with Crippen molar-refractivity contribution in [1.82, 2.24) is 9.80 Å². The molecule has 0 spiro atoms. The monoisotopic (exact) mass is 610 g/mol. The lowest BCUT2D eigenvalue weighted by molar-refractivity contribution is -0.181. The third kappa shape index (κ3) is 6.82. The van der Waals surface area contributed by atoms with Crippen molar-refractivity contribution in [2.24, 2.45) is 0 Å². The van der Waals surface area contributed by atoms with Crippen molar-refractivity contribution in [3.8, 4) is 0 Å². The zero-order valence-corrected chi connectivity index (χ0v) is 25.5. The van der Waals surface area contributed by atoms with Gasteiger partial charge in [0.05, 0.1) is 36.2 Å². The van der Waals surface area contributed by atoms with Crippen LogP contribution in [0.5, 0.6) is 0 Å². The second-order valence-electron chi connectivity index (χ2n) is 11.3. The largest absolute Gasteiger partial charge is 0.378 e. The molecule has 11 heteroatoms. The highest BCUT2D eigenvalue weighted by Crippen LogP contribution is 2.44. The van der Waals surface area contributed by atoms with Gasteiger partial charge in [0, 0.05) is 29.2 Å². The van der Waals surface area contributed by atoms with Crippen LogP contribution >= 0.6 is 23.2 Å². The minimum Gasteiger partial charge on any atom is -0.378 e. The van der Waals surface area contributed by atoms with E-state index >= 15 is 0 Å². The van der Waals surface area contributed by atoms with Crippen LogP contribution < -0.4 is 0 Å². The van der Waals surface area contributed by atoms with Gasteiger partial charge in [0.25, 0.3) is 5.91 Å². The summed E-state index contributed by atoms with van der Waals surface area (Å²) in [7, 11) is -3.59. The van der Waals surface area contributed by atoms with Crippen LogP contribution in [0.15, 0.2) is 48.5 Å². The van der Waals surface area contributed by atoms with Gasteiger partial charge in [0.2, 0.25) is 5.91 Å². The first kappa shape index (κ1) is 30.8. The maximum atomic E-state index is 14.2. The Balaban J connectivity index is 1.79. The maximum Gasteiger partial charge on any atom is 0.253 e. The van der Waals surface area contributed by atoms with E-state index in [1.807, 2.05) is 6.07 Å². The molecule has 0 radical (unpaired) electrons. The molecule has 4 unspecified atom stereocenters. The van der Waals surface area contributed by atoms with Gasteiger partial charge in [-0.15, -0.1) is 0 Å². The lowest BCUT2D eigenvalue weighted by Crippen LogP contribution is -2.57. The van der Waals surface area contributed by atoms with Crippen molar-refractivity contribution in [1.29, 1.82) is 0 Å². The fraction of sp³-hybridized carbons (Fsp3) is 0.517. The quantitative estimate of drug-likeness (QED) is 0.445. The van der Waals surface area contributed by atoms with Crippen molar-refractivity contribution in [3.05, 3.63) is 69.7 Å². The SMILES string of the molecule is CC(CS(=O)(=O)C(C)(C)C)N1C(=O)C(CC(=O)N2CCOCC2)OC(c2cccc(Cl)c2)C1c1ccc(Cl)cc1. The number of halogens is 2. The average molecular weight is 612 g/mol. The van der Waals surface area contributed by atoms with Crippen molar-refractivity contribution in [3.63, 3.8) is 0 Å². The van der Waals surface area contributed by atoms with Crippen molar-refractivity contribution >= 4 is 44.9 Å². The van der Waals surface area contributed by atoms with Gasteiger partial charge in [-0.05, 0) is 63.1 Å². The summed E-state index contributed by atoms with van der Waals surface area (Å²) in [4.78, 5) is 30.6. The summed E-state index contributed by atoms with van der Waals surface area (Å²) >= 11 is 12.5. The second kappa shape index (κ2) is 12.4. The predicted octanol–water partition coefficient (Wildman–Crippen LogP) is 4.85. The minimum atomic E-state index is -3.59. The summed E-state index contributed by atoms with van der Waals surface area (Å²) in [6, 6.07) is 12.8. The molecule has 40 heavy (non-hydrogen) atoms. The van der Waals surface area contributed by atoms with Gasteiger partial charge in [0.1, 0.15) is 12.2 Å². The number of ether oxygens (including phenoxy) is 2. The highest BCUT2D eigenvalue weighted by molar-refractivity contribution is 7.92. The fourth-order valence-corrected chi connectivity index (χ4v) is 6.69. The molecule has 2 saturated heterocycles. The van der Waals surface area contributed by atoms with Crippen LogP contribution in [0.3, 0.4) is 0 Å². The number of nitrogens with zero attached hydrogens (tertiary/aromatic N) is 2. The van der Waals surface area contributed by atoms with E-state index in [-0.39, 0.29) is 18.1 Å². The number of morpholine rings is 2. The normalized spacial score (nSPS) is 23.2. The molecule has 2 aliphatic heterocycles. The van der Waals surface area contributed by atoms with Gasteiger partial charge in [-0.3, -0.25) is 9.59 Å². The van der Waals surface area contributed by atoms with Crippen LogP contribution in [0.4, 0.5) is 0 Å². The smallest absolute Gasteiger partial charge is 0.253 e. The zero-order chi connectivity index (χ0) is 29.2. The topological polar surface area (TPSA) is 93.2 Å². The molecular formula is C29H36Cl2N2O6S. The molecule has 4 rings (SSSR count). The summed E-state index contributed by atoms with van der Waals surface area (Å²) in [5.74, 6) is -0.901. The van der Waals surface area contributed by atoms with Crippen LogP contribution in [0, 0.1) is 0 Å². The van der Waals surface area contributed by atoms with Crippen LogP contribution in [0.2, 0.25) is 10.0 Å². The van der Waals surface area contributed by atoms with E-state index in [0.717, 1.165) is 5.56 Å². The molecule has 2 aromatic carbocycles. The highest BCUT2D eigenvalue weighted by Gasteiger charge is 2.48. The molecule has 2 amide bonds. The Labute approximate surface area is 246 Å². The maximum absolute atomic E-state index is 14.2. The molecule has 0 aliphatic carbocycles. The first-order valence-electron chi connectivity index (χ1n) is 13.3. The number of rotatable bonds is 7. The Hall–Kier alpha value is -2.17. The van der Waals surface area contributed by atoms with E-state index < -0.39 is 44.8 Å². The van der Waals surface area contributed by atoms with Gasteiger partial charge in [-0.25, -0.2) is 8.42 Å². The second-order valence-corrected chi connectivity index (χ2v) is 14.9. The summed E-state index contributed by atoms with van der Waals surface area (Å²) in [6.45, 7) is 8.41. The van der Waals surface area contributed by atoms with Crippen molar-refractivity contribution in [2.75, 3.05) is 32.1 Å². The summed E-state index contributed by atoms with van der Waals surface area (Å²) < 4.78 is 37.4. The number of hydrogen-bond acceptors (Lipinski definition) is 6. The van der Waals surface area contributed by atoms with Crippen LogP contribution in [-0.2, 0) is 28.9 Å². The summed E-state index contributed by atoms with van der Waals surface area (Å²) in [5, 5.41) is 1.01. The Morgan fingerprint density at radius 2 is 1.68 bits per heavy atom. The first-order chi connectivity index (χ1) is 18.8. The molecule has 218 valence electrons. The van der Waals surface area contributed by atoms with E-state index in [1.165, 1.54) is 0 Å². The Morgan fingerprint density at radius 1 is 1.02 bits per heavy atom. The number of carbonyl (C=O) groups excluding carboxylic acids is 2. The van der Waals surface area contributed by atoms with E-state index in [2.05, 4.69) is 0 Å². The lowest BCUT2D eigenvalue weighted by atomic mass is 9.90. The Bertz CT molecular complexity index is 1320. The molecule has 2 fully saturated rings. The molecule has 0 aromatic heterocycles. The van der Waals surface area contributed by atoms with Gasteiger partial charge in [-0.2, -0.15) is 0 Å². The van der Waals surface area contributed by atoms with Gasteiger partial charge in [0.15, 0.2) is 9.84 Å². The number of benzene rings is 2. The number of sulfone groups is 1. The number of hydrogen-bond donors (Lipinski definition) is 0. The zero-order valence-electron chi connectivity index (χ0n) is 23.2. The van der Waals surface area contributed by atoms with Crippen LogP contribution in [0.1, 0.15) is 57.4 Å². The molecule has 0 saturated carbocycles. The van der Waals surface area contributed by atoms with E-state index in [9.17, 15) is 18.0 Å². The molecule has 2 heterocycles. The predicted molar refractivity (Wildman–Crippen MR) is 155 cm³/mol. The van der Waals surface area contributed by atoms with Crippen LogP contribution in [-0.4, -0.2) is 79.0 Å². The van der Waals surface area contributed by atoms with Gasteiger partial charge in [-0.1, -0.05) is 47.5 Å². The lowest BCUT2D eigenvalue weighted by Gasteiger charge is -2.47. The van der Waals surface area contributed by atoms with Crippen LogP contribution in [0.25, 0.3) is 0 Å². The number of carbonyl (C=O) groups is 2. The summed E-state index contributed by atoms with van der Waals surface area (Å²) in [6.07, 6.45) is -2.00. The molecule has 8 nitrogen and oxygen atoms in total. The fourth-order valence-electron chi connectivity index (χ4n) is 5.07. The van der Waals surface area contributed by atoms with E-state index in [0.29, 0.717) is 41.9 Å². The third-order valence-corrected chi connectivity index (χ3v) is 10.7. The Kier molecular flexibility index (Phi) is 9.52. The minimum absolute atomic E-state index is 0.168. The van der Waals surface area contributed by atoms with Gasteiger partial charge < -0.3 is 19.3 Å². The molecule has 0 bridgehead atoms. The average Bonchev–Trinajstić information content (AvgIpc) is 2.89. The van der Waals surface area contributed by atoms with E-state index in [1.54, 1.807) is 80.0 Å².